The average molecular weight is 468 g/mol. The molecule has 4 rings (SSSR count). The molecule has 1 N–H and O–H groups in total. The normalized spacial score (nSPS) is 15.4. The van der Waals surface area contributed by atoms with Gasteiger partial charge in [0.2, 0.25) is 5.91 Å². The molecule has 0 radical (unpaired) electrons. The van der Waals surface area contributed by atoms with Gasteiger partial charge < -0.3 is 14.6 Å². The summed E-state index contributed by atoms with van der Waals surface area (Å²) in [5.74, 6) is -0.189. The number of ether oxygens (including phenoxy) is 2. The number of amides is 1. The molecule has 0 bridgehead atoms. The van der Waals surface area contributed by atoms with E-state index in [4.69, 9.17) is 26.2 Å². The number of para-hydroxylation sites is 1. The Morgan fingerprint density at radius 3 is 2.64 bits per heavy atom. The molecule has 1 aliphatic heterocycles. The largest absolute Gasteiger partial charge is 0.497 e. The van der Waals surface area contributed by atoms with Crippen LogP contribution in [0.15, 0.2) is 53.6 Å². The van der Waals surface area contributed by atoms with Gasteiger partial charge in [-0.2, -0.15) is 5.10 Å². The number of methoxy groups -OCH3 is 2. The number of nitrogens with zero attached hydrogens (tertiary/aromatic N) is 3. The summed E-state index contributed by atoms with van der Waals surface area (Å²) in [6.07, 6.45) is -0.0665. The number of aromatic nitrogens is 1. The summed E-state index contributed by atoms with van der Waals surface area (Å²) < 4.78 is 10.7. The predicted molar refractivity (Wildman–Crippen MR) is 124 cm³/mol. The van der Waals surface area contributed by atoms with Gasteiger partial charge in [-0.3, -0.25) is 9.59 Å². The number of fused-ring (bicyclic) bond motifs is 1. The van der Waals surface area contributed by atoms with Crippen molar-refractivity contribution in [3.8, 4) is 11.5 Å². The zero-order chi connectivity index (χ0) is 23.5. The molecule has 33 heavy (non-hydrogen) atoms. The third-order valence-electron chi connectivity index (χ3n) is 5.49. The first kappa shape index (κ1) is 22.5. The van der Waals surface area contributed by atoms with Crippen LogP contribution in [0.1, 0.15) is 36.4 Å². The standard InChI is InChI=1S/C24H22ClN3O5/c1-32-16-7-3-5-14(11-16)18-13-19(28(27-18)21(29)9-10-22(30)31)17-12-15-6-4-8-20(33-2)23(15)26-24(17)25/h3-8,11-12,19H,9-10,13H2,1-2H3,(H,30,31)/t19-/m1/s1. The fourth-order valence-electron chi connectivity index (χ4n) is 3.85. The van der Waals surface area contributed by atoms with Crippen LogP contribution in [-0.4, -0.2) is 46.9 Å². The van der Waals surface area contributed by atoms with Crippen LogP contribution in [0.4, 0.5) is 0 Å². The quantitative estimate of drug-likeness (QED) is 0.515. The van der Waals surface area contributed by atoms with Crippen molar-refractivity contribution in [3.05, 3.63) is 64.8 Å². The van der Waals surface area contributed by atoms with Crippen LogP contribution >= 0.6 is 11.6 Å². The second kappa shape index (κ2) is 9.46. The molecule has 1 atom stereocenters. The van der Waals surface area contributed by atoms with Crippen LogP contribution in [0.25, 0.3) is 10.9 Å². The van der Waals surface area contributed by atoms with E-state index >= 15 is 0 Å². The zero-order valence-electron chi connectivity index (χ0n) is 18.1. The number of carbonyl (C=O) groups excluding carboxylic acids is 1. The van der Waals surface area contributed by atoms with Crippen molar-refractivity contribution in [1.82, 2.24) is 9.99 Å². The summed E-state index contributed by atoms with van der Waals surface area (Å²) in [4.78, 5) is 28.5. The fourth-order valence-corrected chi connectivity index (χ4v) is 4.12. The predicted octanol–water partition coefficient (Wildman–Crippen LogP) is 4.45. The van der Waals surface area contributed by atoms with Crippen molar-refractivity contribution >= 4 is 40.1 Å². The van der Waals surface area contributed by atoms with E-state index in [0.717, 1.165) is 10.9 Å². The van der Waals surface area contributed by atoms with Crippen molar-refractivity contribution in [2.45, 2.75) is 25.3 Å². The van der Waals surface area contributed by atoms with E-state index in [1.165, 1.54) is 5.01 Å². The van der Waals surface area contributed by atoms with Crippen LogP contribution in [0, 0.1) is 0 Å². The molecule has 170 valence electrons. The third kappa shape index (κ3) is 4.61. The molecule has 3 aromatic rings. The lowest BCUT2D eigenvalue weighted by atomic mass is 9.98. The Balaban J connectivity index is 1.76. The number of hydrogen-bond acceptors (Lipinski definition) is 6. The molecule has 9 heteroatoms. The maximum absolute atomic E-state index is 13.0. The SMILES string of the molecule is COc1cccc(C2=NN(C(=O)CCC(=O)O)[C@@H](c3cc4cccc(OC)c4nc3Cl)C2)c1. The number of benzene rings is 2. The Labute approximate surface area is 195 Å². The Kier molecular flexibility index (Phi) is 6.46. The Bertz CT molecular complexity index is 1260. The molecular formula is C24H22ClN3O5. The molecule has 0 fully saturated rings. The van der Waals surface area contributed by atoms with E-state index in [-0.39, 0.29) is 18.0 Å². The lowest BCUT2D eigenvalue weighted by molar-refractivity contribution is -0.141. The van der Waals surface area contributed by atoms with E-state index < -0.39 is 17.9 Å². The molecule has 2 aromatic carbocycles. The monoisotopic (exact) mass is 467 g/mol. The number of carboxylic acids is 1. The summed E-state index contributed by atoms with van der Waals surface area (Å²) in [5.41, 5.74) is 2.72. The minimum absolute atomic E-state index is 0.173. The van der Waals surface area contributed by atoms with Crippen LogP contribution in [0.5, 0.6) is 11.5 Å². The van der Waals surface area contributed by atoms with Crippen molar-refractivity contribution in [2.75, 3.05) is 14.2 Å². The highest BCUT2D eigenvalue weighted by atomic mass is 35.5. The van der Waals surface area contributed by atoms with Gasteiger partial charge in [-0.1, -0.05) is 35.9 Å². The molecule has 1 amide bonds. The van der Waals surface area contributed by atoms with Crippen LogP contribution in [-0.2, 0) is 9.59 Å². The van der Waals surface area contributed by atoms with E-state index in [2.05, 4.69) is 10.1 Å². The van der Waals surface area contributed by atoms with Crippen LogP contribution < -0.4 is 9.47 Å². The van der Waals surface area contributed by atoms with Gasteiger partial charge in [0.1, 0.15) is 22.2 Å². The van der Waals surface area contributed by atoms with E-state index in [9.17, 15) is 9.59 Å². The third-order valence-corrected chi connectivity index (χ3v) is 5.79. The molecule has 0 saturated carbocycles. The van der Waals surface area contributed by atoms with E-state index in [1.807, 2.05) is 42.5 Å². The highest BCUT2D eigenvalue weighted by Gasteiger charge is 2.35. The van der Waals surface area contributed by atoms with Gasteiger partial charge in [-0.15, -0.1) is 0 Å². The van der Waals surface area contributed by atoms with Gasteiger partial charge in [0.05, 0.1) is 32.4 Å². The first-order valence-electron chi connectivity index (χ1n) is 10.3. The molecule has 1 aliphatic rings. The highest BCUT2D eigenvalue weighted by molar-refractivity contribution is 6.30. The Morgan fingerprint density at radius 1 is 1.12 bits per heavy atom. The van der Waals surface area contributed by atoms with Crippen molar-refractivity contribution < 1.29 is 24.2 Å². The summed E-state index contributed by atoms with van der Waals surface area (Å²) in [5, 5.41) is 16.0. The molecule has 0 spiro atoms. The molecule has 0 aliphatic carbocycles. The number of rotatable bonds is 7. The molecule has 0 saturated heterocycles. The zero-order valence-corrected chi connectivity index (χ0v) is 18.9. The average Bonchev–Trinajstić information content (AvgIpc) is 3.27. The lowest BCUT2D eigenvalue weighted by Gasteiger charge is -2.23. The topological polar surface area (TPSA) is 101 Å². The van der Waals surface area contributed by atoms with Crippen LogP contribution in [0.3, 0.4) is 0 Å². The van der Waals surface area contributed by atoms with Crippen molar-refractivity contribution in [2.24, 2.45) is 5.10 Å². The second-order valence-electron chi connectivity index (χ2n) is 7.53. The number of carboxylic acid groups (broad SMARTS) is 1. The molecular weight excluding hydrogens is 446 g/mol. The van der Waals surface area contributed by atoms with Gasteiger partial charge in [-0.05, 0) is 24.3 Å². The number of halogens is 1. The molecule has 8 nitrogen and oxygen atoms in total. The summed E-state index contributed by atoms with van der Waals surface area (Å²) in [7, 11) is 3.14. The number of carbonyl (C=O) groups is 2. The van der Waals surface area contributed by atoms with Crippen molar-refractivity contribution in [3.63, 3.8) is 0 Å². The highest BCUT2D eigenvalue weighted by Crippen LogP contribution is 2.39. The van der Waals surface area contributed by atoms with Gasteiger partial charge in [0.25, 0.3) is 0 Å². The lowest BCUT2D eigenvalue weighted by Crippen LogP contribution is -2.27. The number of pyridine rings is 1. The smallest absolute Gasteiger partial charge is 0.303 e. The maximum atomic E-state index is 13.0. The van der Waals surface area contributed by atoms with Gasteiger partial charge in [0, 0.05) is 29.4 Å². The number of hydrogen-bond donors (Lipinski definition) is 1. The van der Waals surface area contributed by atoms with Gasteiger partial charge in [-0.25, -0.2) is 9.99 Å². The summed E-state index contributed by atoms with van der Waals surface area (Å²) >= 11 is 6.58. The molecule has 2 heterocycles. The Hall–Kier alpha value is -3.65. The number of aliphatic carboxylic acids is 1. The number of hydrazone groups is 1. The first-order chi connectivity index (χ1) is 15.9. The molecule has 0 unspecified atom stereocenters. The second-order valence-corrected chi connectivity index (χ2v) is 7.89. The van der Waals surface area contributed by atoms with Gasteiger partial charge in [0.15, 0.2) is 0 Å². The Morgan fingerprint density at radius 2 is 1.91 bits per heavy atom. The summed E-state index contributed by atoms with van der Waals surface area (Å²) in [6, 6.07) is 14.3. The summed E-state index contributed by atoms with van der Waals surface area (Å²) in [6.45, 7) is 0. The maximum Gasteiger partial charge on any atom is 0.303 e. The van der Waals surface area contributed by atoms with Crippen molar-refractivity contribution in [1.29, 1.82) is 0 Å². The fraction of sp³-hybridized carbons (Fsp3) is 0.250. The van der Waals surface area contributed by atoms with E-state index in [1.54, 1.807) is 20.3 Å². The minimum atomic E-state index is -1.05. The minimum Gasteiger partial charge on any atom is -0.497 e. The van der Waals surface area contributed by atoms with Gasteiger partial charge >= 0.3 is 5.97 Å². The first-order valence-corrected chi connectivity index (χ1v) is 10.7. The van der Waals surface area contributed by atoms with Crippen LogP contribution in [0.2, 0.25) is 5.15 Å². The molecule has 1 aromatic heterocycles. The van der Waals surface area contributed by atoms with E-state index in [0.29, 0.717) is 34.7 Å².